The fourth-order valence-electron chi connectivity index (χ4n) is 2.33. The zero-order valence-corrected chi connectivity index (χ0v) is 13.5. The monoisotopic (exact) mass is 358 g/mol. The molecule has 8 heteroatoms. The molecule has 3 rings (SSSR count). The Morgan fingerprint density at radius 3 is 2.75 bits per heavy atom. The summed E-state index contributed by atoms with van der Waals surface area (Å²) in [5, 5.41) is 1.96. The maximum absolute atomic E-state index is 12.9. The fraction of sp³-hybridized carbons (Fsp3) is 0.375. The summed E-state index contributed by atoms with van der Waals surface area (Å²) >= 11 is 5.56. The number of nitrogens with one attached hydrogen (secondary N) is 1. The van der Waals surface area contributed by atoms with Crippen LogP contribution in [0.3, 0.4) is 0 Å². The normalized spacial score (nSPS) is 14.7. The van der Waals surface area contributed by atoms with Crippen LogP contribution in [-0.2, 0) is 12.6 Å². The third kappa shape index (κ3) is 3.72. The zero-order chi connectivity index (χ0) is 17.5. The molecule has 4 nitrogen and oxygen atoms in total. The second kappa shape index (κ2) is 6.12. The van der Waals surface area contributed by atoms with Crippen molar-refractivity contribution in [3.63, 3.8) is 0 Å². The van der Waals surface area contributed by atoms with E-state index in [1.54, 1.807) is 6.92 Å². The lowest BCUT2D eigenvalue weighted by atomic mass is 10.2. The summed E-state index contributed by atoms with van der Waals surface area (Å²) in [6.07, 6.45) is -1.69. The zero-order valence-electron chi connectivity index (χ0n) is 12.7. The van der Waals surface area contributed by atoms with Gasteiger partial charge in [0, 0.05) is 12.1 Å². The van der Waals surface area contributed by atoms with E-state index in [4.69, 9.17) is 16.0 Å². The number of aromatic nitrogens is 1. The number of oxazole rings is 1. The van der Waals surface area contributed by atoms with Gasteiger partial charge in [-0.25, -0.2) is 4.98 Å². The first kappa shape index (κ1) is 16.8. The number of hydrogen-bond donors (Lipinski definition) is 1. The number of hydrogen-bond acceptors (Lipinski definition) is 3. The average molecular weight is 359 g/mol. The van der Waals surface area contributed by atoms with Crippen LogP contribution in [0.25, 0.3) is 0 Å². The van der Waals surface area contributed by atoms with E-state index in [-0.39, 0.29) is 11.4 Å². The van der Waals surface area contributed by atoms with Crippen LogP contribution in [0.5, 0.6) is 0 Å². The van der Waals surface area contributed by atoms with E-state index >= 15 is 0 Å². The minimum atomic E-state index is -4.60. The second-order valence-corrected chi connectivity index (χ2v) is 6.22. The number of benzene rings is 1. The minimum Gasteiger partial charge on any atom is -0.435 e. The third-order valence-corrected chi connectivity index (χ3v) is 4.07. The number of alkyl halides is 3. The van der Waals surface area contributed by atoms with Crippen LogP contribution in [0, 0.1) is 12.8 Å². The van der Waals surface area contributed by atoms with Crippen LogP contribution in [0.2, 0.25) is 5.02 Å². The molecule has 24 heavy (non-hydrogen) atoms. The number of halogens is 4. The topological polar surface area (TPSA) is 55.1 Å². The lowest BCUT2D eigenvalue weighted by Gasteiger charge is -2.11. The summed E-state index contributed by atoms with van der Waals surface area (Å²) in [6.45, 7) is 1.62. The Labute approximate surface area is 141 Å². The van der Waals surface area contributed by atoms with Gasteiger partial charge in [0.1, 0.15) is 0 Å². The maximum Gasteiger partial charge on any atom is 0.417 e. The summed E-state index contributed by atoms with van der Waals surface area (Å²) < 4.78 is 44.0. The molecule has 0 bridgehead atoms. The Bertz CT molecular complexity index is 782. The molecule has 1 N–H and O–H groups in total. The molecule has 1 saturated carbocycles. The van der Waals surface area contributed by atoms with Crippen molar-refractivity contribution in [2.24, 2.45) is 5.92 Å². The molecule has 128 valence electrons. The SMILES string of the molecule is Cc1nc(CC2CC2)oc1C(=O)Nc1ccc(Cl)c(C(F)(F)F)c1. The molecule has 1 heterocycles. The maximum atomic E-state index is 12.9. The van der Waals surface area contributed by atoms with Crippen LogP contribution in [0.1, 0.15) is 40.5 Å². The fourth-order valence-corrected chi connectivity index (χ4v) is 2.55. The van der Waals surface area contributed by atoms with E-state index in [0.29, 0.717) is 23.9 Å². The molecular weight excluding hydrogens is 345 g/mol. The molecule has 0 unspecified atom stereocenters. The van der Waals surface area contributed by atoms with E-state index in [1.807, 2.05) is 0 Å². The molecule has 0 atom stereocenters. The van der Waals surface area contributed by atoms with Gasteiger partial charge in [-0.15, -0.1) is 0 Å². The number of nitrogens with zero attached hydrogens (tertiary/aromatic N) is 1. The number of anilines is 1. The molecule has 0 spiro atoms. The predicted octanol–water partition coefficient (Wildman–Crippen LogP) is 4.86. The van der Waals surface area contributed by atoms with Crippen molar-refractivity contribution in [2.75, 3.05) is 5.32 Å². The van der Waals surface area contributed by atoms with Crippen molar-refractivity contribution in [3.05, 3.63) is 46.1 Å². The van der Waals surface area contributed by atoms with E-state index in [9.17, 15) is 18.0 Å². The molecule has 0 radical (unpaired) electrons. The van der Waals surface area contributed by atoms with Gasteiger partial charge in [0.2, 0.25) is 5.76 Å². The third-order valence-electron chi connectivity index (χ3n) is 3.74. The number of rotatable bonds is 4. The Kier molecular flexibility index (Phi) is 4.29. The van der Waals surface area contributed by atoms with Crippen LogP contribution in [-0.4, -0.2) is 10.9 Å². The number of carbonyl (C=O) groups excluding carboxylic acids is 1. The van der Waals surface area contributed by atoms with Crippen molar-refractivity contribution in [3.8, 4) is 0 Å². The smallest absolute Gasteiger partial charge is 0.417 e. The van der Waals surface area contributed by atoms with E-state index in [2.05, 4.69) is 10.3 Å². The van der Waals surface area contributed by atoms with Crippen molar-refractivity contribution in [2.45, 2.75) is 32.4 Å². The van der Waals surface area contributed by atoms with Gasteiger partial charge in [-0.2, -0.15) is 13.2 Å². The highest BCUT2D eigenvalue weighted by Gasteiger charge is 2.33. The summed E-state index contributed by atoms with van der Waals surface area (Å²) in [4.78, 5) is 16.4. The van der Waals surface area contributed by atoms with Crippen LogP contribution < -0.4 is 5.32 Å². The Morgan fingerprint density at radius 1 is 1.42 bits per heavy atom. The number of carbonyl (C=O) groups is 1. The van der Waals surface area contributed by atoms with Crippen molar-refractivity contribution in [1.29, 1.82) is 0 Å². The van der Waals surface area contributed by atoms with Gasteiger partial charge in [0.15, 0.2) is 5.89 Å². The Balaban J connectivity index is 1.78. The van der Waals surface area contributed by atoms with Gasteiger partial charge in [-0.3, -0.25) is 4.79 Å². The molecule has 1 aliphatic rings. The lowest BCUT2D eigenvalue weighted by Crippen LogP contribution is -2.14. The molecule has 1 aromatic heterocycles. The van der Waals surface area contributed by atoms with E-state index < -0.39 is 22.7 Å². The molecule has 1 aromatic carbocycles. The van der Waals surface area contributed by atoms with Crippen molar-refractivity contribution >= 4 is 23.2 Å². The first-order chi connectivity index (χ1) is 11.2. The molecule has 2 aromatic rings. The van der Waals surface area contributed by atoms with Crippen molar-refractivity contribution < 1.29 is 22.4 Å². The van der Waals surface area contributed by atoms with Gasteiger partial charge in [-0.05, 0) is 43.9 Å². The van der Waals surface area contributed by atoms with Crippen LogP contribution in [0.15, 0.2) is 22.6 Å². The van der Waals surface area contributed by atoms with Gasteiger partial charge in [0.05, 0.1) is 16.3 Å². The highest BCUT2D eigenvalue weighted by atomic mass is 35.5. The molecular formula is C16H14ClF3N2O2. The first-order valence-corrected chi connectivity index (χ1v) is 7.76. The largest absolute Gasteiger partial charge is 0.435 e. The number of aryl methyl sites for hydroxylation is 1. The van der Waals surface area contributed by atoms with E-state index in [1.165, 1.54) is 6.07 Å². The molecule has 1 fully saturated rings. The summed E-state index contributed by atoms with van der Waals surface area (Å²) in [5.74, 6) is 0.392. The number of amides is 1. The summed E-state index contributed by atoms with van der Waals surface area (Å²) in [7, 11) is 0. The van der Waals surface area contributed by atoms with Gasteiger partial charge in [-0.1, -0.05) is 11.6 Å². The molecule has 1 amide bonds. The van der Waals surface area contributed by atoms with E-state index in [0.717, 1.165) is 25.0 Å². The molecule has 0 aliphatic heterocycles. The standard InChI is InChI=1S/C16H14ClF3N2O2/c1-8-14(24-13(21-8)6-9-2-3-9)15(23)22-10-4-5-12(17)11(7-10)16(18,19)20/h4-5,7,9H,2-3,6H2,1H3,(H,22,23). The first-order valence-electron chi connectivity index (χ1n) is 7.38. The summed E-state index contributed by atoms with van der Waals surface area (Å²) in [6, 6.07) is 3.18. The highest BCUT2D eigenvalue weighted by molar-refractivity contribution is 6.31. The Hall–Kier alpha value is -2.02. The average Bonchev–Trinajstić information content (AvgIpc) is 3.21. The van der Waals surface area contributed by atoms with Crippen LogP contribution in [0.4, 0.5) is 18.9 Å². The Morgan fingerprint density at radius 2 is 2.12 bits per heavy atom. The van der Waals surface area contributed by atoms with Crippen LogP contribution >= 0.6 is 11.6 Å². The second-order valence-electron chi connectivity index (χ2n) is 5.82. The molecule has 1 aliphatic carbocycles. The minimum absolute atomic E-state index is 0.00848. The predicted molar refractivity (Wildman–Crippen MR) is 82.1 cm³/mol. The summed E-state index contributed by atoms with van der Waals surface area (Å²) in [5.41, 5.74) is -0.616. The van der Waals surface area contributed by atoms with Gasteiger partial charge >= 0.3 is 6.18 Å². The van der Waals surface area contributed by atoms with Crippen molar-refractivity contribution in [1.82, 2.24) is 4.98 Å². The van der Waals surface area contributed by atoms with Gasteiger partial charge < -0.3 is 9.73 Å². The lowest BCUT2D eigenvalue weighted by molar-refractivity contribution is -0.137. The molecule has 0 saturated heterocycles. The quantitative estimate of drug-likeness (QED) is 0.849. The van der Waals surface area contributed by atoms with Gasteiger partial charge in [0.25, 0.3) is 5.91 Å². The highest BCUT2D eigenvalue weighted by Crippen LogP contribution is 2.36.